The smallest absolute Gasteiger partial charge is 0.136 e. The Balaban J connectivity index is 1.05. The fourth-order valence-electron chi connectivity index (χ4n) is 10.1. The van der Waals surface area contributed by atoms with Gasteiger partial charge in [0.25, 0.3) is 0 Å². The van der Waals surface area contributed by atoms with Crippen LogP contribution in [0, 0.1) is 6.92 Å². The summed E-state index contributed by atoms with van der Waals surface area (Å²) >= 11 is 0. The lowest BCUT2D eigenvalue weighted by Crippen LogP contribution is -2.10. The molecule has 0 fully saturated rings. The average molecular weight is 750 g/mol. The summed E-state index contributed by atoms with van der Waals surface area (Å²) in [6.45, 7) is 2.15. The van der Waals surface area contributed by atoms with Gasteiger partial charge >= 0.3 is 0 Å². The molecular formula is C57H35NO. The second-order valence-electron chi connectivity index (χ2n) is 16.1. The van der Waals surface area contributed by atoms with E-state index in [-0.39, 0.29) is 0 Å². The van der Waals surface area contributed by atoms with Crippen molar-refractivity contribution in [3.63, 3.8) is 0 Å². The molecule has 0 saturated heterocycles. The zero-order valence-electron chi connectivity index (χ0n) is 32.3. The highest BCUT2D eigenvalue weighted by molar-refractivity contribution is 6.35. The van der Waals surface area contributed by atoms with Crippen LogP contribution < -0.4 is 4.90 Å². The SMILES string of the molecule is Cc1ccc(N(c2ccc3ccccc3c2)c2ccc3ccc4c(-c5ccc6oc7ccc8c9ccccc9c9ccccc9c8c7c6c5)ccc5ccc2c3c54)cc1. The minimum Gasteiger partial charge on any atom is -0.456 e. The number of hydrogen-bond acceptors (Lipinski definition) is 2. The summed E-state index contributed by atoms with van der Waals surface area (Å²) in [5.74, 6) is 0. The standard InChI is InChI=1S/C57H35NO/c1-34-14-22-40(23-15-34)58(41-24-16-35-8-2-3-9-38(35)32-41)51-29-20-37-18-26-47-42(25-17-36-19-27-49(51)55(37)54(36)47)39-21-30-52-50(33-39)57-53(59-52)31-28-48-45-12-5-4-10-43(45)44-11-6-7-13-46(44)56(48)57/h2-33H,1H3. The number of aryl methyl sites for hydroxylation is 1. The molecule has 0 aliphatic heterocycles. The largest absolute Gasteiger partial charge is 0.456 e. The van der Waals surface area contributed by atoms with Gasteiger partial charge in [0.05, 0.1) is 5.69 Å². The molecule has 0 N–H and O–H groups in total. The van der Waals surface area contributed by atoms with E-state index in [1.54, 1.807) is 0 Å². The average Bonchev–Trinajstić information content (AvgIpc) is 3.67. The molecule has 0 unspecified atom stereocenters. The van der Waals surface area contributed by atoms with Crippen molar-refractivity contribution in [3.8, 4) is 11.1 Å². The first-order chi connectivity index (χ1) is 29.2. The Morgan fingerprint density at radius 2 is 0.915 bits per heavy atom. The molecule has 1 heterocycles. The van der Waals surface area contributed by atoms with Gasteiger partial charge in [-0.3, -0.25) is 0 Å². The van der Waals surface area contributed by atoms with Crippen molar-refractivity contribution in [3.05, 3.63) is 200 Å². The molecule has 2 heteroatoms. The Labute approximate surface area is 340 Å². The Bertz CT molecular complexity index is 3820. The van der Waals surface area contributed by atoms with Crippen LogP contribution >= 0.6 is 0 Å². The molecule has 0 bridgehead atoms. The van der Waals surface area contributed by atoms with Gasteiger partial charge in [0.2, 0.25) is 0 Å². The van der Waals surface area contributed by atoms with Crippen LogP contribution in [0.2, 0.25) is 0 Å². The number of anilines is 3. The first-order valence-corrected chi connectivity index (χ1v) is 20.4. The summed E-state index contributed by atoms with van der Waals surface area (Å²) in [4.78, 5) is 2.42. The van der Waals surface area contributed by atoms with Crippen molar-refractivity contribution in [2.45, 2.75) is 6.92 Å². The fourth-order valence-corrected chi connectivity index (χ4v) is 10.1. The lowest BCUT2D eigenvalue weighted by atomic mass is 9.88. The molecule has 0 aliphatic rings. The lowest BCUT2D eigenvalue weighted by molar-refractivity contribution is 0.669. The minimum absolute atomic E-state index is 0.903. The van der Waals surface area contributed by atoms with E-state index in [9.17, 15) is 0 Å². The van der Waals surface area contributed by atoms with Crippen LogP contribution in [0.1, 0.15) is 5.56 Å². The Hall–Kier alpha value is -7.68. The molecule has 0 atom stereocenters. The topological polar surface area (TPSA) is 16.4 Å². The van der Waals surface area contributed by atoms with E-state index in [1.807, 2.05) is 0 Å². The maximum Gasteiger partial charge on any atom is 0.136 e. The van der Waals surface area contributed by atoms with Crippen molar-refractivity contribution >= 4 is 114 Å². The van der Waals surface area contributed by atoms with Gasteiger partial charge in [-0.1, -0.05) is 145 Å². The summed E-state index contributed by atoms with van der Waals surface area (Å²) < 4.78 is 6.63. The van der Waals surface area contributed by atoms with Gasteiger partial charge in [-0.15, -0.1) is 0 Å². The first-order valence-electron chi connectivity index (χ1n) is 20.4. The van der Waals surface area contributed by atoms with E-state index in [1.165, 1.54) is 97.5 Å². The predicted octanol–water partition coefficient (Wildman–Crippen LogP) is 16.5. The van der Waals surface area contributed by atoms with Crippen LogP contribution in [0.3, 0.4) is 0 Å². The molecule has 13 rings (SSSR count). The van der Waals surface area contributed by atoms with Gasteiger partial charge in [0, 0.05) is 32.9 Å². The molecule has 13 aromatic rings. The van der Waals surface area contributed by atoms with Crippen LogP contribution in [-0.2, 0) is 0 Å². The molecule has 59 heavy (non-hydrogen) atoms. The third-order valence-electron chi connectivity index (χ3n) is 12.8. The maximum atomic E-state index is 6.63. The fraction of sp³-hybridized carbons (Fsp3) is 0.0175. The zero-order chi connectivity index (χ0) is 38.8. The Kier molecular flexibility index (Phi) is 6.68. The van der Waals surface area contributed by atoms with E-state index < -0.39 is 0 Å². The number of furan rings is 1. The highest BCUT2D eigenvalue weighted by atomic mass is 16.3. The summed E-state index contributed by atoms with van der Waals surface area (Å²) in [7, 11) is 0. The molecule has 1 aromatic heterocycles. The monoisotopic (exact) mass is 749 g/mol. The van der Waals surface area contributed by atoms with Crippen LogP contribution in [-0.4, -0.2) is 0 Å². The van der Waals surface area contributed by atoms with Crippen molar-refractivity contribution in [1.29, 1.82) is 0 Å². The van der Waals surface area contributed by atoms with Crippen molar-refractivity contribution in [2.24, 2.45) is 0 Å². The molecule has 12 aromatic carbocycles. The van der Waals surface area contributed by atoms with Crippen molar-refractivity contribution in [1.82, 2.24) is 0 Å². The Morgan fingerprint density at radius 3 is 1.71 bits per heavy atom. The second kappa shape index (κ2) is 12.2. The summed E-state index contributed by atoms with van der Waals surface area (Å²) in [6, 6.07) is 71.5. The molecule has 0 aliphatic carbocycles. The zero-order valence-corrected chi connectivity index (χ0v) is 32.3. The third-order valence-corrected chi connectivity index (χ3v) is 12.8. The number of benzene rings is 12. The van der Waals surface area contributed by atoms with Crippen LogP contribution in [0.15, 0.2) is 199 Å². The van der Waals surface area contributed by atoms with Crippen LogP contribution in [0.4, 0.5) is 17.1 Å². The number of nitrogens with zero attached hydrogens (tertiary/aromatic N) is 1. The van der Waals surface area contributed by atoms with Crippen LogP contribution in [0.25, 0.3) is 108 Å². The molecule has 0 saturated carbocycles. The molecule has 0 radical (unpaired) electrons. The first kappa shape index (κ1) is 32.4. The summed E-state index contributed by atoms with van der Waals surface area (Å²) in [6.07, 6.45) is 0. The molecule has 0 spiro atoms. The molecule has 0 amide bonds. The second-order valence-corrected chi connectivity index (χ2v) is 16.1. The highest BCUT2D eigenvalue weighted by Gasteiger charge is 2.21. The van der Waals surface area contributed by atoms with Gasteiger partial charge in [-0.2, -0.15) is 0 Å². The molecule has 2 nitrogen and oxygen atoms in total. The molecular weight excluding hydrogens is 715 g/mol. The van der Waals surface area contributed by atoms with E-state index in [0.717, 1.165) is 33.6 Å². The van der Waals surface area contributed by atoms with Gasteiger partial charge in [0.1, 0.15) is 11.2 Å². The predicted molar refractivity (Wildman–Crippen MR) is 252 cm³/mol. The quantitative estimate of drug-likeness (QED) is 0.167. The minimum atomic E-state index is 0.903. The normalized spacial score (nSPS) is 12.2. The molecule has 274 valence electrons. The van der Waals surface area contributed by atoms with Gasteiger partial charge in [0.15, 0.2) is 0 Å². The van der Waals surface area contributed by atoms with Gasteiger partial charge in [-0.05, 0) is 137 Å². The van der Waals surface area contributed by atoms with Gasteiger partial charge in [-0.25, -0.2) is 0 Å². The number of fused-ring (bicyclic) bond motifs is 11. The van der Waals surface area contributed by atoms with Crippen LogP contribution in [0.5, 0.6) is 0 Å². The van der Waals surface area contributed by atoms with E-state index in [0.29, 0.717) is 0 Å². The highest BCUT2D eigenvalue weighted by Crippen LogP contribution is 2.47. The van der Waals surface area contributed by atoms with E-state index >= 15 is 0 Å². The van der Waals surface area contributed by atoms with Gasteiger partial charge < -0.3 is 9.32 Å². The summed E-state index contributed by atoms with van der Waals surface area (Å²) in [5.41, 5.74) is 8.89. The Morgan fingerprint density at radius 1 is 0.339 bits per heavy atom. The number of rotatable bonds is 4. The lowest BCUT2D eigenvalue weighted by Gasteiger charge is -2.28. The van der Waals surface area contributed by atoms with Crippen molar-refractivity contribution < 1.29 is 4.42 Å². The van der Waals surface area contributed by atoms with Crippen molar-refractivity contribution in [2.75, 3.05) is 4.90 Å². The van der Waals surface area contributed by atoms with E-state index in [4.69, 9.17) is 4.42 Å². The number of hydrogen-bond donors (Lipinski definition) is 0. The third kappa shape index (κ3) is 4.69. The maximum absolute atomic E-state index is 6.63. The van der Waals surface area contributed by atoms with E-state index in [2.05, 4.69) is 206 Å². The summed E-state index contributed by atoms with van der Waals surface area (Å²) in [5, 5.41) is 19.9.